The number of aryl methyl sites for hydroxylation is 1. The van der Waals surface area contributed by atoms with Crippen LogP contribution in [0.15, 0.2) is 23.1 Å². The zero-order valence-electron chi connectivity index (χ0n) is 8.50. The van der Waals surface area contributed by atoms with E-state index in [9.17, 15) is 0 Å². The Hall–Kier alpha value is -1.24. The molecule has 70 valence electrons. The maximum absolute atomic E-state index is 5.43. The van der Waals surface area contributed by atoms with Gasteiger partial charge >= 0.3 is 0 Å². The van der Waals surface area contributed by atoms with Crippen LogP contribution in [0.4, 0.5) is 0 Å². The van der Waals surface area contributed by atoms with Gasteiger partial charge in [-0.2, -0.15) is 0 Å². The number of rotatable bonds is 3. The smallest absolute Gasteiger partial charge is 0.133 e. The molecule has 0 aromatic carbocycles. The second kappa shape index (κ2) is 4.13. The van der Waals surface area contributed by atoms with Crippen molar-refractivity contribution in [2.45, 2.75) is 20.8 Å². The van der Waals surface area contributed by atoms with E-state index in [0.717, 1.165) is 17.1 Å². The molecule has 0 radical (unpaired) electrons. The van der Waals surface area contributed by atoms with Gasteiger partial charge in [-0.1, -0.05) is 32.6 Å². The van der Waals surface area contributed by atoms with Crippen LogP contribution in [-0.4, -0.2) is 0 Å². The molecule has 13 heavy (non-hydrogen) atoms. The van der Waals surface area contributed by atoms with E-state index >= 15 is 0 Å². The highest BCUT2D eigenvalue weighted by Crippen LogP contribution is 2.18. The minimum absolute atomic E-state index is 0.563. The minimum atomic E-state index is 0.563. The van der Waals surface area contributed by atoms with Crippen LogP contribution in [-0.2, 0) is 0 Å². The van der Waals surface area contributed by atoms with Crippen LogP contribution in [0, 0.1) is 12.8 Å². The van der Waals surface area contributed by atoms with Gasteiger partial charge in [0.1, 0.15) is 11.5 Å². The monoisotopic (exact) mass is 176 g/mol. The Morgan fingerprint density at radius 3 is 2.69 bits per heavy atom. The predicted octanol–water partition coefficient (Wildman–Crippen LogP) is 3.90. The summed E-state index contributed by atoms with van der Waals surface area (Å²) in [6.45, 7) is 9.95. The molecule has 1 nitrogen and oxygen atoms in total. The largest absolute Gasteiger partial charge is 0.461 e. The third-order valence-electron chi connectivity index (χ3n) is 1.76. The molecule has 0 aliphatic carbocycles. The van der Waals surface area contributed by atoms with Crippen molar-refractivity contribution in [3.05, 3.63) is 35.8 Å². The Morgan fingerprint density at radius 1 is 1.46 bits per heavy atom. The zero-order valence-corrected chi connectivity index (χ0v) is 8.50. The molecular weight excluding hydrogens is 160 g/mol. The van der Waals surface area contributed by atoms with Crippen LogP contribution in [0.3, 0.4) is 0 Å². The van der Waals surface area contributed by atoms with Crippen LogP contribution in [0.5, 0.6) is 0 Å². The van der Waals surface area contributed by atoms with Gasteiger partial charge in [0.05, 0.1) is 0 Å². The van der Waals surface area contributed by atoms with Gasteiger partial charge in [0, 0.05) is 5.56 Å². The predicted molar refractivity (Wildman–Crippen MR) is 57.4 cm³/mol. The average molecular weight is 176 g/mol. The van der Waals surface area contributed by atoms with Crippen LogP contribution in [0.25, 0.3) is 12.2 Å². The van der Waals surface area contributed by atoms with Gasteiger partial charge in [-0.05, 0) is 25.0 Å². The maximum atomic E-state index is 5.43. The van der Waals surface area contributed by atoms with Crippen molar-refractivity contribution in [1.82, 2.24) is 0 Å². The van der Waals surface area contributed by atoms with Gasteiger partial charge in [0.25, 0.3) is 0 Å². The summed E-state index contributed by atoms with van der Waals surface area (Å²) in [5, 5.41) is 0. The van der Waals surface area contributed by atoms with Crippen molar-refractivity contribution in [3.63, 3.8) is 0 Å². The fraction of sp³-hybridized carbons (Fsp3) is 0.333. The van der Waals surface area contributed by atoms with E-state index in [0.29, 0.717) is 5.92 Å². The van der Waals surface area contributed by atoms with Gasteiger partial charge < -0.3 is 4.42 Å². The first-order valence-electron chi connectivity index (χ1n) is 4.54. The highest BCUT2D eigenvalue weighted by molar-refractivity contribution is 5.61. The Labute approximate surface area is 79.8 Å². The van der Waals surface area contributed by atoms with Gasteiger partial charge in [-0.15, -0.1) is 0 Å². The highest BCUT2D eigenvalue weighted by atomic mass is 16.3. The third-order valence-corrected chi connectivity index (χ3v) is 1.76. The van der Waals surface area contributed by atoms with Crippen molar-refractivity contribution in [3.8, 4) is 0 Å². The summed E-state index contributed by atoms with van der Waals surface area (Å²) in [4.78, 5) is 0. The summed E-state index contributed by atoms with van der Waals surface area (Å²) < 4.78 is 5.43. The first kappa shape index (κ1) is 9.85. The molecule has 0 fully saturated rings. The topological polar surface area (TPSA) is 13.1 Å². The normalized spacial score (nSPS) is 11.4. The second-order valence-electron chi connectivity index (χ2n) is 3.48. The van der Waals surface area contributed by atoms with Gasteiger partial charge in [0.2, 0.25) is 0 Å². The van der Waals surface area contributed by atoms with Crippen molar-refractivity contribution in [1.29, 1.82) is 0 Å². The van der Waals surface area contributed by atoms with E-state index in [4.69, 9.17) is 4.42 Å². The lowest BCUT2D eigenvalue weighted by molar-refractivity contribution is 0.524. The molecule has 0 spiro atoms. The van der Waals surface area contributed by atoms with Crippen LogP contribution >= 0.6 is 0 Å². The summed E-state index contributed by atoms with van der Waals surface area (Å²) in [6.07, 6.45) is 5.97. The minimum Gasteiger partial charge on any atom is -0.461 e. The van der Waals surface area contributed by atoms with Crippen molar-refractivity contribution in [2.24, 2.45) is 5.92 Å². The van der Waals surface area contributed by atoms with Crippen LogP contribution < -0.4 is 0 Å². The molecule has 1 aromatic rings. The Balaban J connectivity index is 2.93. The molecular formula is C12H16O. The van der Waals surface area contributed by atoms with Gasteiger partial charge in [-0.3, -0.25) is 0 Å². The van der Waals surface area contributed by atoms with Crippen molar-refractivity contribution >= 4 is 12.2 Å². The quantitative estimate of drug-likeness (QED) is 0.680. The molecule has 0 amide bonds. The fourth-order valence-electron chi connectivity index (χ4n) is 1.14. The lowest BCUT2D eigenvalue weighted by atomic mass is 10.1. The number of furan rings is 1. The zero-order chi connectivity index (χ0) is 9.84. The van der Waals surface area contributed by atoms with Crippen LogP contribution in [0.2, 0.25) is 0 Å². The van der Waals surface area contributed by atoms with Crippen LogP contribution in [0.1, 0.15) is 30.9 Å². The summed E-state index contributed by atoms with van der Waals surface area (Å²) in [7, 11) is 0. The molecule has 1 rings (SSSR count). The molecule has 1 heteroatoms. The lowest BCUT2D eigenvalue weighted by Gasteiger charge is -1.93. The molecule has 0 unspecified atom stereocenters. The third kappa shape index (κ3) is 2.62. The Bertz CT molecular complexity index is 316. The molecule has 0 N–H and O–H groups in total. The number of hydrogen-bond acceptors (Lipinski definition) is 1. The lowest BCUT2D eigenvalue weighted by Crippen LogP contribution is -1.77. The summed E-state index contributed by atoms with van der Waals surface area (Å²) in [5.41, 5.74) is 1.11. The van der Waals surface area contributed by atoms with E-state index < -0.39 is 0 Å². The molecule has 0 atom stereocenters. The average Bonchev–Trinajstić information content (AvgIpc) is 2.42. The summed E-state index contributed by atoms with van der Waals surface area (Å²) in [5.74, 6) is 2.35. The van der Waals surface area contributed by atoms with E-state index in [-0.39, 0.29) is 0 Å². The molecule has 0 aliphatic rings. The molecule has 1 aromatic heterocycles. The van der Waals surface area contributed by atoms with Crippen molar-refractivity contribution < 1.29 is 4.42 Å². The molecule has 0 saturated carbocycles. The van der Waals surface area contributed by atoms with Gasteiger partial charge in [0.15, 0.2) is 0 Å². The molecule has 0 bridgehead atoms. The molecule has 1 heterocycles. The second-order valence-corrected chi connectivity index (χ2v) is 3.48. The van der Waals surface area contributed by atoms with Crippen molar-refractivity contribution in [2.75, 3.05) is 0 Å². The van der Waals surface area contributed by atoms with Gasteiger partial charge in [-0.25, -0.2) is 0 Å². The summed E-state index contributed by atoms with van der Waals surface area (Å²) in [6, 6.07) is 2.02. The SMILES string of the molecule is C=Cc1oc(C)cc1/C=C\C(C)C. The highest BCUT2D eigenvalue weighted by Gasteiger charge is 2.01. The first-order valence-corrected chi connectivity index (χ1v) is 4.54. The fourth-order valence-corrected chi connectivity index (χ4v) is 1.14. The Morgan fingerprint density at radius 2 is 2.15 bits per heavy atom. The molecule has 0 aliphatic heterocycles. The number of allylic oxidation sites excluding steroid dienone is 1. The summed E-state index contributed by atoms with van der Waals surface area (Å²) >= 11 is 0. The molecule has 0 saturated heterocycles. The van der Waals surface area contributed by atoms with E-state index in [1.54, 1.807) is 6.08 Å². The first-order chi connectivity index (χ1) is 6.13. The maximum Gasteiger partial charge on any atom is 0.133 e. The number of hydrogen-bond donors (Lipinski definition) is 0. The van der Waals surface area contributed by atoms with E-state index in [1.165, 1.54) is 0 Å². The Kier molecular flexibility index (Phi) is 3.13. The standard InChI is InChI=1S/C12H16O/c1-5-12-11(7-6-9(2)3)8-10(4)13-12/h5-9H,1H2,2-4H3/b7-6-. The van der Waals surface area contributed by atoms with E-state index in [2.05, 4.69) is 32.6 Å². The van der Waals surface area contributed by atoms with E-state index in [1.807, 2.05) is 13.0 Å².